The van der Waals surface area contributed by atoms with Gasteiger partial charge in [0.1, 0.15) is 0 Å². The van der Waals surface area contributed by atoms with E-state index in [1.807, 2.05) is 37.8 Å². The molecule has 1 saturated heterocycles. The highest BCUT2D eigenvalue weighted by atomic mass is 16.3. The summed E-state index contributed by atoms with van der Waals surface area (Å²) >= 11 is 0. The molecule has 2 aliphatic heterocycles. The fourth-order valence-corrected chi connectivity index (χ4v) is 4.45. The summed E-state index contributed by atoms with van der Waals surface area (Å²) < 4.78 is 0. The minimum atomic E-state index is -0.475. The zero-order valence-electron chi connectivity index (χ0n) is 17.7. The molecule has 2 heterocycles. The third-order valence-corrected chi connectivity index (χ3v) is 6.41. The third-order valence-electron chi connectivity index (χ3n) is 6.41. The quantitative estimate of drug-likeness (QED) is 0.866. The molecule has 0 spiro atoms. The summed E-state index contributed by atoms with van der Waals surface area (Å²) in [5, 5.41) is 10.9. The van der Waals surface area contributed by atoms with Crippen LogP contribution < -0.4 is 4.90 Å². The molecule has 0 radical (unpaired) electrons. The van der Waals surface area contributed by atoms with Crippen molar-refractivity contribution < 1.29 is 9.90 Å². The lowest BCUT2D eigenvalue weighted by molar-refractivity contribution is -0.125. The molecule has 0 bridgehead atoms. The fourth-order valence-electron chi connectivity index (χ4n) is 4.45. The summed E-state index contributed by atoms with van der Waals surface area (Å²) in [6.45, 7) is 13.1. The zero-order valence-corrected chi connectivity index (χ0v) is 17.7. The molecule has 3 rings (SSSR count). The largest absolute Gasteiger partial charge is 0.387 e. The number of rotatable bonds is 3. The molecule has 2 aliphatic rings. The summed E-state index contributed by atoms with van der Waals surface area (Å²) in [5.41, 5.74) is 2.81. The Bertz CT molecular complexity index is 679. The van der Waals surface area contributed by atoms with Crippen LogP contribution in [0.15, 0.2) is 18.2 Å². The lowest BCUT2D eigenvalue weighted by atomic mass is 9.90. The standard InChI is InChI=1S/C23H36N2O2/c1-16-8-6-12-24(17(16)2)15-21(26)19-10-11-20-18(14-19)9-7-13-25(20)22(27)23(3,4)5/h10-11,14,16-17,21,26H,6-9,12-13,15H2,1-5H3/t16-,17+,21-/m0/s1. The van der Waals surface area contributed by atoms with Gasteiger partial charge in [0.2, 0.25) is 5.91 Å². The van der Waals surface area contributed by atoms with Crippen LogP contribution in [0.2, 0.25) is 0 Å². The van der Waals surface area contributed by atoms with Gasteiger partial charge in [0.25, 0.3) is 0 Å². The van der Waals surface area contributed by atoms with E-state index in [0.717, 1.165) is 37.2 Å². The normalized spacial score (nSPS) is 25.2. The van der Waals surface area contributed by atoms with Crippen molar-refractivity contribution in [1.29, 1.82) is 0 Å². The number of carbonyl (C=O) groups excluding carboxylic acids is 1. The Morgan fingerprint density at radius 2 is 1.96 bits per heavy atom. The van der Waals surface area contributed by atoms with E-state index < -0.39 is 6.10 Å². The predicted octanol–water partition coefficient (Wildman–Crippen LogP) is 4.17. The molecule has 0 aromatic heterocycles. The van der Waals surface area contributed by atoms with Crippen molar-refractivity contribution in [3.8, 4) is 0 Å². The van der Waals surface area contributed by atoms with Gasteiger partial charge in [0.05, 0.1) is 6.10 Å². The van der Waals surface area contributed by atoms with E-state index in [0.29, 0.717) is 18.5 Å². The molecule has 0 aliphatic carbocycles. The van der Waals surface area contributed by atoms with E-state index in [4.69, 9.17) is 0 Å². The van der Waals surface area contributed by atoms with Gasteiger partial charge in [-0.2, -0.15) is 0 Å². The van der Waals surface area contributed by atoms with Gasteiger partial charge in [0, 0.05) is 30.2 Å². The first-order chi connectivity index (χ1) is 12.7. The molecule has 150 valence electrons. The Morgan fingerprint density at radius 3 is 2.67 bits per heavy atom. The Balaban J connectivity index is 1.76. The Morgan fingerprint density at radius 1 is 1.22 bits per heavy atom. The van der Waals surface area contributed by atoms with Crippen molar-refractivity contribution in [3.05, 3.63) is 29.3 Å². The summed E-state index contributed by atoms with van der Waals surface area (Å²) in [4.78, 5) is 17.2. The van der Waals surface area contributed by atoms with Gasteiger partial charge in [0.15, 0.2) is 0 Å². The van der Waals surface area contributed by atoms with E-state index >= 15 is 0 Å². The second kappa shape index (κ2) is 7.92. The van der Waals surface area contributed by atoms with Gasteiger partial charge in [-0.1, -0.05) is 39.8 Å². The molecular weight excluding hydrogens is 336 g/mol. The van der Waals surface area contributed by atoms with Gasteiger partial charge >= 0.3 is 0 Å². The number of piperidine rings is 1. The zero-order chi connectivity index (χ0) is 19.8. The second-order valence-corrected chi connectivity index (χ2v) is 9.57. The number of aliphatic hydroxyl groups is 1. The number of likely N-dealkylation sites (tertiary alicyclic amines) is 1. The first-order valence-corrected chi connectivity index (χ1v) is 10.6. The monoisotopic (exact) mass is 372 g/mol. The van der Waals surface area contributed by atoms with E-state index in [1.165, 1.54) is 18.4 Å². The molecule has 27 heavy (non-hydrogen) atoms. The molecule has 1 N–H and O–H groups in total. The molecule has 4 heteroatoms. The molecular formula is C23H36N2O2. The highest BCUT2D eigenvalue weighted by Crippen LogP contribution is 2.33. The fraction of sp³-hybridized carbons (Fsp3) is 0.696. The predicted molar refractivity (Wildman–Crippen MR) is 111 cm³/mol. The smallest absolute Gasteiger partial charge is 0.232 e. The third kappa shape index (κ3) is 4.38. The number of nitrogens with zero attached hydrogens (tertiary/aromatic N) is 2. The summed E-state index contributed by atoms with van der Waals surface area (Å²) in [7, 11) is 0. The van der Waals surface area contributed by atoms with Crippen molar-refractivity contribution in [1.82, 2.24) is 4.90 Å². The first kappa shape index (κ1) is 20.3. The summed E-state index contributed by atoms with van der Waals surface area (Å²) in [6.07, 6.45) is 3.98. The number of hydrogen-bond donors (Lipinski definition) is 1. The highest BCUT2D eigenvalue weighted by Gasteiger charge is 2.32. The average Bonchev–Trinajstić information content (AvgIpc) is 2.63. The SMILES string of the molecule is C[C@@H]1[C@@H](C)CCCN1C[C@H](O)c1ccc2c(c1)CCCN2C(=O)C(C)(C)C. The number of aliphatic hydroxyl groups excluding tert-OH is 1. The van der Waals surface area contributed by atoms with Gasteiger partial charge in [-0.05, 0) is 62.3 Å². The maximum absolute atomic E-state index is 12.8. The lowest BCUT2D eigenvalue weighted by Gasteiger charge is -2.39. The number of fused-ring (bicyclic) bond motifs is 1. The van der Waals surface area contributed by atoms with Crippen molar-refractivity contribution in [2.75, 3.05) is 24.5 Å². The van der Waals surface area contributed by atoms with Gasteiger partial charge in [-0.3, -0.25) is 9.69 Å². The number of carbonyl (C=O) groups is 1. The van der Waals surface area contributed by atoms with Crippen LogP contribution in [0.4, 0.5) is 5.69 Å². The molecule has 0 unspecified atom stereocenters. The van der Waals surface area contributed by atoms with Crippen LogP contribution in [0.5, 0.6) is 0 Å². The number of amides is 1. The van der Waals surface area contributed by atoms with E-state index in [2.05, 4.69) is 24.8 Å². The van der Waals surface area contributed by atoms with Gasteiger partial charge in [-0.25, -0.2) is 0 Å². The van der Waals surface area contributed by atoms with E-state index in [9.17, 15) is 9.90 Å². The van der Waals surface area contributed by atoms with Crippen LogP contribution in [0.3, 0.4) is 0 Å². The maximum Gasteiger partial charge on any atom is 0.232 e. The number of aryl methyl sites for hydroxylation is 1. The van der Waals surface area contributed by atoms with Crippen molar-refractivity contribution in [2.24, 2.45) is 11.3 Å². The topological polar surface area (TPSA) is 43.8 Å². The average molecular weight is 373 g/mol. The Hall–Kier alpha value is -1.39. The van der Waals surface area contributed by atoms with Crippen LogP contribution in [-0.2, 0) is 11.2 Å². The molecule has 4 nitrogen and oxygen atoms in total. The number of benzene rings is 1. The van der Waals surface area contributed by atoms with Gasteiger partial charge in [-0.15, -0.1) is 0 Å². The minimum absolute atomic E-state index is 0.174. The van der Waals surface area contributed by atoms with Crippen LogP contribution >= 0.6 is 0 Å². The van der Waals surface area contributed by atoms with Gasteiger partial charge < -0.3 is 10.0 Å². The van der Waals surface area contributed by atoms with Crippen LogP contribution in [-0.4, -0.2) is 41.6 Å². The lowest BCUT2D eigenvalue weighted by Crippen LogP contribution is -2.44. The first-order valence-electron chi connectivity index (χ1n) is 10.6. The Kier molecular flexibility index (Phi) is 5.97. The number of β-amino-alcohol motifs (C(OH)–C–C–N with tert-alkyl or cyclic N) is 1. The number of hydrogen-bond acceptors (Lipinski definition) is 3. The molecule has 0 saturated carbocycles. The molecule has 3 atom stereocenters. The van der Waals surface area contributed by atoms with Crippen LogP contribution in [0, 0.1) is 11.3 Å². The van der Waals surface area contributed by atoms with Crippen LogP contribution in [0.25, 0.3) is 0 Å². The summed E-state index contributed by atoms with van der Waals surface area (Å²) in [6, 6.07) is 6.69. The number of anilines is 1. The maximum atomic E-state index is 12.8. The van der Waals surface area contributed by atoms with E-state index in [1.54, 1.807) is 0 Å². The molecule has 1 fully saturated rings. The van der Waals surface area contributed by atoms with Crippen molar-refractivity contribution >= 4 is 11.6 Å². The second-order valence-electron chi connectivity index (χ2n) is 9.57. The molecule has 1 aromatic carbocycles. The molecule has 1 aromatic rings. The summed E-state index contributed by atoms with van der Waals surface area (Å²) in [5.74, 6) is 0.860. The highest BCUT2D eigenvalue weighted by molar-refractivity contribution is 5.98. The van der Waals surface area contributed by atoms with Crippen LogP contribution in [0.1, 0.15) is 71.1 Å². The van der Waals surface area contributed by atoms with Crippen molar-refractivity contribution in [2.45, 2.75) is 72.4 Å². The minimum Gasteiger partial charge on any atom is -0.387 e. The Labute approximate surface area is 164 Å². The van der Waals surface area contributed by atoms with Crippen molar-refractivity contribution in [3.63, 3.8) is 0 Å². The molecule has 1 amide bonds. The van der Waals surface area contributed by atoms with E-state index in [-0.39, 0.29) is 11.3 Å².